The standard InChI is InChI=1S/C19H19BrIN7O/c1-28(2)19-25-17(22-10-12-6-4-3-5-7-12)24-18(26-19)27-23-11-13-8-14(20)9-15(21)16(13)29/h3-9,11,29H,10H2,1-2H3,(H2,22,24,25,26,27)/b23-11-. The number of aromatic hydroxyl groups is 1. The van der Waals surface area contributed by atoms with Gasteiger partial charge in [0, 0.05) is 30.7 Å². The third-order valence-electron chi connectivity index (χ3n) is 3.74. The van der Waals surface area contributed by atoms with E-state index in [-0.39, 0.29) is 5.75 Å². The number of halogens is 2. The van der Waals surface area contributed by atoms with Crippen LogP contribution in [0.15, 0.2) is 52.0 Å². The summed E-state index contributed by atoms with van der Waals surface area (Å²) in [4.78, 5) is 14.9. The molecule has 10 heteroatoms. The lowest BCUT2D eigenvalue weighted by Crippen LogP contribution is -2.16. The highest BCUT2D eigenvalue weighted by atomic mass is 127. The van der Waals surface area contributed by atoms with Crippen LogP contribution in [-0.4, -0.2) is 40.4 Å². The first kappa shape index (κ1) is 21.2. The summed E-state index contributed by atoms with van der Waals surface area (Å²) in [6.07, 6.45) is 1.51. The van der Waals surface area contributed by atoms with Crippen LogP contribution in [0.25, 0.3) is 0 Å². The van der Waals surface area contributed by atoms with Crippen molar-refractivity contribution < 1.29 is 5.11 Å². The fourth-order valence-electron chi connectivity index (χ4n) is 2.31. The second-order valence-electron chi connectivity index (χ2n) is 6.21. The maximum atomic E-state index is 10.2. The first-order valence-electron chi connectivity index (χ1n) is 8.60. The van der Waals surface area contributed by atoms with Crippen molar-refractivity contribution in [1.29, 1.82) is 0 Å². The fourth-order valence-corrected chi connectivity index (χ4v) is 3.87. The fraction of sp³-hybridized carbons (Fsp3) is 0.158. The first-order chi connectivity index (χ1) is 13.9. The van der Waals surface area contributed by atoms with Gasteiger partial charge in [0.2, 0.25) is 17.8 Å². The van der Waals surface area contributed by atoms with Crippen molar-refractivity contribution in [3.8, 4) is 5.75 Å². The predicted molar refractivity (Wildman–Crippen MR) is 128 cm³/mol. The highest BCUT2D eigenvalue weighted by Gasteiger charge is 2.09. The monoisotopic (exact) mass is 567 g/mol. The van der Waals surface area contributed by atoms with E-state index in [4.69, 9.17) is 0 Å². The average molecular weight is 568 g/mol. The number of phenolic OH excluding ortho intramolecular Hbond substituents is 1. The summed E-state index contributed by atoms with van der Waals surface area (Å²) in [5.74, 6) is 1.38. The van der Waals surface area contributed by atoms with E-state index in [1.165, 1.54) is 6.21 Å². The van der Waals surface area contributed by atoms with Gasteiger partial charge in [0.15, 0.2) is 0 Å². The maximum absolute atomic E-state index is 10.2. The Labute approximate surface area is 190 Å². The van der Waals surface area contributed by atoms with Crippen LogP contribution < -0.4 is 15.6 Å². The summed E-state index contributed by atoms with van der Waals surface area (Å²) in [5, 5.41) is 17.5. The van der Waals surface area contributed by atoms with Crippen LogP contribution in [0, 0.1) is 3.57 Å². The molecule has 3 rings (SSSR count). The zero-order valence-electron chi connectivity index (χ0n) is 15.8. The molecule has 3 aromatic rings. The minimum atomic E-state index is 0.161. The minimum absolute atomic E-state index is 0.161. The second kappa shape index (κ2) is 9.83. The van der Waals surface area contributed by atoms with Crippen molar-refractivity contribution in [2.45, 2.75) is 6.54 Å². The van der Waals surface area contributed by atoms with Crippen LogP contribution in [0.1, 0.15) is 11.1 Å². The molecule has 0 radical (unpaired) electrons. The smallest absolute Gasteiger partial charge is 0.250 e. The highest BCUT2D eigenvalue weighted by molar-refractivity contribution is 14.1. The van der Waals surface area contributed by atoms with E-state index in [0.29, 0.717) is 30.0 Å². The van der Waals surface area contributed by atoms with E-state index in [0.717, 1.165) is 13.6 Å². The molecule has 150 valence electrons. The molecule has 3 N–H and O–H groups in total. The average Bonchev–Trinajstić information content (AvgIpc) is 2.70. The molecule has 0 unspecified atom stereocenters. The zero-order chi connectivity index (χ0) is 20.8. The number of rotatable bonds is 7. The molecule has 0 saturated carbocycles. The third kappa shape index (κ3) is 6.00. The quantitative estimate of drug-likeness (QED) is 0.225. The summed E-state index contributed by atoms with van der Waals surface area (Å²) in [5.41, 5.74) is 4.49. The lowest BCUT2D eigenvalue weighted by Gasteiger charge is -2.13. The topological polar surface area (TPSA) is 98.6 Å². The number of hydrazone groups is 1. The lowest BCUT2D eigenvalue weighted by molar-refractivity contribution is 0.470. The van der Waals surface area contributed by atoms with Gasteiger partial charge in [-0.15, -0.1) is 0 Å². The summed E-state index contributed by atoms with van der Waals surface area (Å²) in [7, 11) is 3.70. The number of benzene rings is 2. The number of anilines is 3. The first-order valence-corrected chi connectivity index (χ1v) is 10.5. The van der Waals surface area contributed by atoms with E-state index in [1.54, 1.807) is 11.0 Å². The number of nitrogens with one attached hydrogen (secondary N) is 2. The number of nitrogens with zero attached hydrogens (tertiary/aromatic N) is 5. The van der Waals surface area contributed by atoms with E-state index < -0.39 is 0 Å². The lowest BCUT2D eigenvalue weighted by atomic mass is 10.2. The zero-order valence-corrected chi connectivity index (χ0v) is 19.5. The van der Waals surface area contributed by atoms with Crippen LogP contribution in [-0.2, 0) is 6.54 Å². The van der Waals surface area contributed by atoms with Crippen LogP contribution in [0.3, 0.4) is 0 Å². The predicted octanol–water partition coefficient (Wildman–Crippen LogP) is 4.07. The Morgan fingerprint density at radius 2 is 1.86 bits per heavy atom. The molecule has 0 aliphatic rings. The van der Waals surface area contributed by atoms with Crippen molar-refractivity contribution in [3.63, 3.8) is 0 Å². The van der Waals surface area contributed by atoms with E-state index in [1.807, 2.05) is 50.5 Å². The molecule has 0 saturated heterocycles. The number of phenols is 1. The molecule has 0 atom stereocenters. The SMILES string of the molecule is CN(C)c1nc(NCc2ccccc2)nc(N/N=C\c2cc(Br)cc(I)c2O)n1. The van der Waals surface area contributed by atoms with E-state index >= 15 is 0 Å². The van der Waals surface area contributed by atoms with Crippen LogP contribution in [0.5, 0.6) is 5.75 Å². The van der Waals surface area contributed by atoms with Gasteiger partial charge in [-0.05, 0) is 40.3 Å². The van der Waals surface area contributed by atoms with Crippen molar-refractivity contribution in [2.75, 3.05) is 29.7 Å². The summed E-state index contributed by atoms with van der Waals surface area (Å²) in [6, 6.07) is 13.6. The molecular weight excluding hydrogens is 549 g/mol. The Kier molecular flexibility index (Phi) is 7.20. The molecule has 0 bridgehead atoms. The maximum Gasteiger partial charge on any atom is 0.250 e. The molecule has 29 heavy (non-hydrogen) atoms. The number of hydrogen-bond acceptors (Lipinski definition) is 8. The normalized spacial score (nSPS) is 10.9. The van der Waals surface area contributed by atoms with Gasteiger partial charge in [0.1, 0.15) is 5.75 Å². The third-order valence-corrected chi connectivity index (χ3v) is 5.02. The van der Waals surface area contributed by atoms with Crippen molar-refractivity contribution >= 4 is 62.6 Å². The molecule has 0 aliphatic heterocycles. The van der Waals surface area contributed by atoms with Gasteiger partial charge in [0.05, 0.1) is 9.78 Å². The molecule has 0 fully saturated rings. The molecule has 0 spiro atoms. The van der Waals surface area contributed by atoms with Gasteiger partial charge in [0.25, 0.3) is 0 Å². The second-order valence-corrected chi connectivity index (χ2v) is 8.29. The molecule has 0 aliphatic carbocycles. The van der Waals surface area contributed by atoms with E-state index in [2.05, 4.69) is 69.3 Å². The molecular formula is C19H19BrIN7O. The van der Waals surface area contributed by atoms with Gasteiger partial charge in [-0.3, -0.25) is 0 Å². The van der Waals surface area contributed by atoms with Crippen LogP contribution >= 0.6 is 38.5 Å². The van der Waals surface area contributed by atoms with Gasteiger partial charge >= 0.3 is 0 Å². The van der Waals surface area contributed by atoms with Crippen molar-refractivity contribution in [3.05, 3.63) is 61.6 Å². The Morgan fingerprint density at radius 1 is 1.14 bits per heavy atom. The summed E-state index contributed by atoms with van der Waals surface area (Å²) < 4.78 is 1.57. The Balaban J connectivity index is 1.77. The van der Waals surface area contributed by atoms with Crippen LogP contribution in [0.4, 0.5) is 17.8 Å². The Bertz CT molecular complexity index is 1010. The number of aromatic nitrogens is 3. The van der Waals surface area contributed by atoms with Gasteiger partial charge in [-0.2, -0.15) is 20.1 Å². The Hall–Kier alpha value is -2.47. The van der Waals surface area contributed by atoms with Gasteiger partial charge < -0.3 is 15.3 Å². The van der Waals surface area contributed by atoms with E-state index in [9.17, 15) is 5.11 Å². The van der Waals surface area contributed by atoms with Crippen molar-refractivity contribution in [2.24, 2.45) is 5.10 Å². The molecule has 2 aromatic carbocycles. The molecule has 1 aromatic heterocycles. The van der Waals surface area contributed by atoms with Crippen molar-refractivity contribution in [1.82, 2.24) is 15.0 Å². The largest absolute Gasteiger partial charge is 0.506 e. The summed E-state index contributed by atoms with van der Waals surface area (Å²) >= 11 is 5.47. The molecule has 8 nitrogen and oxygen atoms in total. The van der Waals surface area contributed by atoms with Crippen LogP contribution in [0.2, 0.25) is 0 Å². The summed E-state index contributed by atoms with van der Waals surface area (Å²) in [6.45, 7) is 0.588. The Morgan fingerprint density at radius 3 is 2.59 bits per heavy atom. The highest BCUT2D eigenvalue weighted by Crippen LogP contribution is 2.27. The van der Waals surface area contributed by atoms with Gasteiger partial charge in [-0.25, -0.2) is 5.43 Å². The molecule has 1 heterocycles. The number of hydrogen-bond donors (Lipinski definition) is 3. The minimum Gasteiger partial charge on any atom is -0.506 e. The van der Waals surface area contributed by atoms with Gasteiger partial charge in [-0.1, -0.05) is 46.3 Å². The molecule has 0 amide bonds.